The summed E-state index contributed by atoms with van der Waals surface area (Å²) >= 11 is 0. The molecule has 0 amide bonds. The summed E-state index contributed by atoms with van der Waals surface area (Å²) in [6, 6.07) is 8.15. The Bertz CT molecular complexity index is 881. The number of allylic oxidation sites excluding steroid dienone is 5. The molecule has 0 unspecified atom stereocenters. The van der Waals surface area contributed by atoms with Crippen LogP contribution in [0.25, 0.3) is 5.57 Å². The van der Waals surface area contributed by atoms with Gasteiger partial charge < -0.3 is 10.2 Å². The summed E-state index contributed by atoms with van der Waals surface area (Å²) in [7, 11) is 0. The van der Waals surface area contributed by atoms with Gasteiger partial charge in [-0.25, -0.2) is 4.79 Å². The summed E-state index contributed by atoms with van der Waals surface area (Å²) in [6.45, 7) is 25.2. The van der Waals surface area contributed by atoms with Crippen LogP contribution >= 0.6 is 0 Å². The van der Waals surface area contributed by atoms with Crippen molar-refractivity contribution in [2.75, 3.05) is 6.54 Å². The van der Waals surface area contributed by atoms with E-state index in [4.69, 9.17) is 0 Å². The molecule has 190 valence electrons. The lowest BCUT2D eigenvalue weighted by atomic mass is 9.92. The van der Waals surface area contributed by atoms with Gasteiger partial charge in [0.15, 0.2) is 0 Å². The molecule has 0 fully saturated rings. The van der Waals surface area contributed by atoms with Crippen LogP contribution in [-0.2, 0) is 4.79 Å². The Morgan fingerprint density at radius 1 is 1.00 bits per heavy atom. The zero-order valence-corrected chi connectivity index (χ0v) is 23.1. The highest BCUT2D eigenvalue weighted by molar-refractivity contribution is 6.09. The third kappa shape index (κ3) is 13.6. The molecule has 0 aromatic heterocycles. The van der Waals surface area contributed by atoms with Gasteiger partial charge in [-0.1, -0.05) is 92.3 Å². The minimum atomic E-state index is -1.21. The lowest BCUT2D eigenvalue weighted by molar-refractivity contribution is -0.132. The molecule has 0 aliphatic carbocycles. The second-order valence-electron chi connectivity index (χ2n) is 8.79. The van der Waals surface area contributed by atoms with Gasteiger partial charge in [-0.3, -0.25) is 4.99 Å². The van der Waals surface area contributed by atoms with E-state index < -0.39 is 5.97 Å². The Morgan fingerprint density at radius 2 is 1.50 bits per heavy atom. The van der Waals surface area contributed by atoms with Crippen molar-refractivity contribution in [2.45, 2.75) is 81.6 Å². The Kier molecular flexibility index (Phi) is 18.2. The lowest BCUT2D eigenvalue weighted by Crippen LogP contribution is -2.06. The fourth-order valence-electron chi connectivity index (χ4n) is 2.66. The number of hydrogen-bond acceptors (Lipinski definition) is 3. The zero-order chi connectivity index (χ0) is 26.8. The normalized spacial score (nSPS) is 12.6. The molecule has 34 heavy (non-hydrogen) atoms. The summed E-state index contributed by atoms with van der Waals surface area (Å²) in [5.41, 5.74) is 4.61. The summed E-state index contributed by atoms with van der Waals surface area (Å²) < 4.78 is 0. The van der Waals surface area contributed by atoms with Crippen LogP contribution in [0.15, 0.2) is 70.5 Å². The van der Waals surface area contributed by atoms with Gasteiger partial charge >= 0.3 is 5.97 Å². The first-order chi connectivity index (χ1) is 15.9. The molecule has 1 aromatic carbocycles. The number of carboxylic acid groups (broad SMARTS) is 1. The molecule has 4 nitrogen and oxygen atoms in total. The van der Waals surface area contributed by atoms with E-state index in [9.17, 15) is 15.0 Å². The molecule has 0 atom stereocenters. The lowest BCUT2D eigenvalue weighted by Gasteiger charge is -2.13. The van der Waals surface area contributed by atoms with Gasteiger partial charge in [-0.05, 0) is 66.0 Å². The van der Waals surface area contributed by atoms with E-state index >= 15 is 0 Å². The monoisotopic (exact) mass is 469 g/mol. The second kappa shape index (κ2) is 18.5. The SMILES string of the molecule is C=C(/C=C(C)/C(C)=C/C(O)=C(\C=NCCC)C(=O)O)c1ccccc1C(C)C.CC.CC(C)C. The number of aliphatic carboxylic acids is 1. The zero-order valence-electron chi connectivity index (χ0n) is 23.1. The predicted octanol–water partition coefficient (Wildman–Crippen LogP) is 8.78. The highest BCUT2D eigenvalue weighted by atomic mass is 16.4. The quantitative estimate of drug-likeness (QED) is 0.164. The van der Waals surface area contributed by atoms with Crippen LogP contribution in [0.3, 0.4) is 0 Å². The third-order valence-corrected chi connectivity index (χ3v) is 4.37. The highest BCUT2D eigenvalue weighted by Gasteiger charge is 2.11. The molecule has 0 radical (unpaired) electrons. The standard InChI is InChI=1S/C24H31NO3.C4H10.C2H6/c1-7-12-25-15-22(24(27)28)23(26)14-18(5)17(4)13-19(6)21-11-9-8-10-20(21)16(2)3;1-4(2)3;1-2/h8-11,13-16,26H,6-7,12H2,1-5H3,(H,27,28);4H,1-3H3;1-2H3/b17-13+,18-14+,23-22-,25-15?;;. The van der Waals surface area contributed by atoms with Crippen LogP contribution < -0.4 is 0 Å². The number of carboxylic acids is 1. The average Bonchev–Trinajstić information content (AvgIpc) is 2.77. The number of rotatable bonds is 9. The summed E-state index contributed by atoms with van der Waals surface area (Å²) in [6.07, 6.45) is 5.42. The fourth-order valence-corrected chi connectivity index (χ4v) is 2.66. The van der Waals surface area contributed by atoms with Gasteiger partial charge in [0.2, 0.25) is 0 Å². The van der Waals surface area contributed by atoms with Crippen molar-refractivity contribution in [3.8, 4) is 0 Å². The maximum absolute atomic E-state index is 11.4. The van der Waals surface area contributed by atoms with Crippen molar-refractivity contribution in [1.29, 1.82) is 0 Å². The van der Waals surface area contributed by atoms with Crippen molar-refractivity contribution in [2.24, 2.45) is 10.9 Å². The van der Waals surface area contributed by atoms with Gasteiger partial charge in [-0.2, -0.15) is 0 Å². The number of hydrogen-bond donors (Lipinski definition) is 2. The van der Waals surface area contributed by atoms with Crippen molar-refractivity contribution in [3.63, 3.8) is 0 Å². The Labute approximate surface area is 208 Å². The number of aliphatic hydroxyl groups excluding tert-OH is 1. The predicted molar refractivity (Wildman–Crippen MR) is 150 cm³/mol. The van der Waals surface area contributed by atoms with Gasteiger partial charge in [0.05, 0.1) is 0 Å². The number of benzene rings is 1. The van der Waals surface area contributed by atoms with Gasteiger partial charge in [0.25, 0.3) is 0 Å². The van der Waals surface area contributed by atoms with Crippen LogP contribution in [0.1, 0.15) is 92.7 Å². The van der Waals surface area contributed by atoms with Crippen molar-refractivity contribution < 1.29 is 15.0 Å². The first-order valence-corrected chi connectivity index (χ1v) is 12.2. The molecule has 1 rings (SSSR count). The van der Waals surface area contributed by atoms with Crippen LogP contribution in [0.4, 0.5) is 0 Å². The summed E-state index contributed by atoms with van der Waals surface area (Å²) in [4.78, 5) is 15.4. The molecule has 0 bridgehead atoms. The van der Waals surface area contributed by atoms with Crippen LogP contribution in [0.2, 0.25) is 0 Å². The summed E-state index contributed by atoms with van der Waals surface area (Å²) in [5, 5.41) is 19.6. The topological polar surface area (TPSA) is 69.9 Å². The van der Waals surface area contributed by atoms with Crippen LogP contribution in [0, 0.1) is 5.92 Å². The van der Waals surface area contributed by atoms with Crippen LogP contribution in [0.5, 0.6) is 0 Å². The third-order valence-electron chi connectivity index (χ3n) is 4.37. The second-order valence-corrected chi connectivity index (χ2v) is 8.79. The average molecular weight is 470 g/mol. The minimum absolute atomic E-state index is 0.218. The molecule has 0 saturated carbocycles. The van der Waals surface area contributed by atoms with Crippen molar-refractivity contribution in [1.82, 2.24) is 0 Å². The molecule has 4 heteroatoms. The van der Waals surface area contributed by atoms with E-state index in [1.807, 2.05) is 58.9 Å². The van der Waals surface area contributed by atoms with Crippen LogP contribution in [-0.4, -0.2) is 28.9 Å². The summed E-state index contributed by atoms with van der Waals surface area (Å²) in [5.74, 6) is -0.310. The fraction of sp³-hybridized carbons (Fsp3) is 0.467. The Hall–Kier alpha value is -2.88. The van der Waals surface area contributed by atoms with E-state index in [1.165, 1.54) is 17.9 Å². The molecule has 0 aliphatic heterocycles. The molecule has 0 aliphatic rings. The molecule has 0 saturated heterocycles. The number of aliphatic imine (C=N–C) groups is 1. The van der Waals surface area contributed by atoms with Gasteiger partial charge in [-0.15, -0.1) is 0 Å². The maximum atomic E-state index is 11.4. The van der Waals surface area contributed by atoms with Gasteiger partial charge in [0, 0.05) is 12.8 Å². The first-order valence-electron chi connectivity index (χ1n) is 12.2. The molecular weight excluding hydrogens is 422 g/mol. The maximum Gasteiger partial charge on any atom is 0.341 e. The molecule has 0 heterocycles. The number of nitrogens with zero attached hydrogens (tertiary/aromatic N) is 1. The minimum Gasteiger partial charge on any atom is -0.507 e. The smallest absolute Gasteiger partial charge is 0.341 e. The number of carbonyl (C=O) groups is 1. The van der Waals surface area contributed by atoms with E-state index in [-0.39, 0.29) is 11.3 Å². The molecule has 1 aromatic rings. The molecule has 2 N–H and O–H groups in total. The van der Waals surface area contributed by atoms with E-state index in [0.29, 0.717) is 12.5 Å². The van der Waals surface area contributed by atoms with E-state index in [2.05, 4.69) is 52.3 Å². The van der Waals surface area contributed by atoms with Gasteiger partial charge in [0.1, 0.15) is 11.3 Å². The highest BCUT2D eigenvalue weighted by Crippen LogP contribution is 2.27. The van der Waals surface area contributed by atoms with Crippen molar-refractivity contribution >= 4 is 17.8 Å². The molecular formula is C30H47NO3. The first kappa shape index (κ1) is 33.3. The largest absolute Gasteiger partial charge is 0.507 e. The van der Waals surface area contributed by atoms with Crippen molar-refractivity contribution in [3.05, 3.63) is 76.6 Å². The van der Waals surface area contributed by atoms with E-state index in [1.54, 1.807) is 0 Å². The Morgan fingerprint density at radius 3 is 1.97 bits per heavy atom. The molecule has 0 spiro atoms. The number of aliphatic hydroxyl groups is 1. The van der Waals surface area contributed by atoms with E-state index in [0.717, 1.165) is 34.6 Å². The Balaban J connectivity index is 0.